The molecule has 0 atom stereocenters. The second-order valence-corrected chi connectivity index (χ2v) is 4.24. The Bertz CT molecular complexity index is 578. The van der Waals surface area contributed by atoms with Crippen molar-refractivity contribution < 1.29 is 0 Å². The Hall–Kier alpha value is -1.65. The van der Waals surface area contributed by atoms with Crippen LogP contribution in [0.2, 0.25) is 0 Å². The largest absolute Gasteiger partial charge is 0.376 e. The fourth-order valence-electron chi connectivity index (χ4n) is 1.72. The SMILES string of the molecule is N=C(Cl)N(C(N)=S)c1cccc2ccccc12. The fraction of sp³-hybridized carbons (Fsp3) is 0. The van der Waals surface area contributed by atoms with Crippen LogP contribution in [0.4, 0.5) is 5.69 Å². The van der Waals surface area contributed by atoms with E-state index in [1.807, 2.05) is 42.5 Å². The van der Waals surface area contributed by atoms with Crippen LogP contribution in [0, 0.1) is 5.41 Å². The van der Waals surface area contributed by atoms with Crippen molar-refractivity contribution in [3.8, 4) is 0 Å². The first-order chi connectivity index (χ1) is 8.11. The summed E-state index contributed by atoms with van der Waals surface area (Å²) in [5.74, 6) is 0. The van der Waals surface area contributed by atoms with Gasteiger partial charge < -0.3 is 5.73 Å². The molecule has 0 aliphatic heterocycles. The minimum Gasteiger partial charge on any atom is -0.376 e. The number of rotatable bonds is 1. The van der Waals surface area contributed by atoms with Gasteiger partial charge in [-0.3, -0.25) is 10.3 Å². The Kier molecular flexibility index (Phi) is 3.26. The van der Waals surface area contributed by atoms with Gasteiger partial charge in [0.25, 0.3) is 0 Å². The van der Waals surface area contributed by atoms with Gasteiger partial charge in [-0.05, 0) is 35.3 Å². The van der Waals surface area contributed by atoms with Crippen LogP contribution in [-0.2, 0) is 0 Å². The van der Waals surface area contributed by atoms with E-state index in [9.17, 15) is 0 Å². The maximum atomic E-state index is 7.52. The molecule has 3 nitrogen and oxygen atoms in total. The predicted octanol–water partition coefficient (Wildman–Crippen LogP) is 3.06. The third kappa shape index (κ3) is 2.23. The molecule has 3 N–H and O–H groups in total. The van der Waals surface area contributed by atoms with Gasteiger partial charge in [-0.1, -0.05) is 36.4 Å². The maximum absolute atomic E-state index is 7.52. The van der Waals surface area contributed by atoms with Crippen molar-refractivity contribution >= 4 is 50.7 Å². The van der Waals surface area contributed by atoms with Crippen molar-refractivity contribution in [2.45, 2.75) is 0 Å². The third-order valence-electron chi connectivity index (χ3n) is 2.42. The minimum absolute atomic E-state index is 0.0568. The number of nitrogens with one attached hydrogen (secondary N) is 1. The average Bonchev–Trinajstić information content (AvgIpc) is 2.28. The van der Waals surface area contributed by atoms with Crippen LogP contribution in [0.15, 0.2) is 42.5 Å². The third-order valence-corrected chi connectivity index (χ3v) is 2.78. The molecule has 0 radical (unpaired) electrons. The second kappa shape index (κ2) is 4.69. The van der Waals surface area contributed by atoms with Crippen LogP contribution in [0.5, 0.6) is 0 Å². The molecule has 0 spiro atoms. The first kappa shape index (κ1) is 11.8. The van der Waals surface area contributed by atoms with Gasteiger partial charge in [0.15, 0.2) is 5.11 Å². The summed E-state index contributed by atoms with van der Waals surface area (Å²) < 4.78 is 0. The maximum Gasteiger partial charge on any atom is 0.202 e. The van der Waals surface area contributed by atoms with Gasteiger partial charge in [-0.15, -0.1) is 0 Å². The van der Waals surface area contributed by atoms with Crippen LogP contribution < -0.4 is 10.6 Å². The van der Waals surface area contributed by atoms with E-state index in [1.54, 1.807) is 0 Å². The lowest BCUT2D eigenvalue weighted by Crippen LogP contribution is -2.37. The highest BCUT2D eigenvalue weighted by Crippen LogP contribution is 2.27. The van der Waals surface area contributed by atoms with Crippen molar-refractivity contribution in [2.75, 3.05) is 4.90 Å². The van der Waals surface area contributed by atoms with Crippen molar-refractivity contribution in [1.82, 2.24) is 0 Å². The first-order valence-corrected chi connectivity index (χ1v) is 5.71. The van der Waals surface area contributed by atoms with Gasteiger partial charge in [0.2, 0.25) is 5.29 Å². The zero-order chi connectivity index (χ0) is 12.4. The normalized spacial score (nSPS) is 10.2. The fourth-order valence-corrected chi connectivity index (χ4v) is 2.15. The summed E-state index contributed by atoms with van der Waals surface area (Å²) in [6.07, 6.45) is 0. The monoisotopic (exact) mass is 263 g/mol. The van der Waals surface area contributed by atoms with E-state index in [2.05, 4.69) is 0 Å². The quantitative estimate of drug-likeness (QED) is 0.360. The minimum atomic E-state index is -0.214. The molecular formula is C12H10ClN3S. The topological polar surface area (TPSA) is 53.1 Å². The summed E-state index contributed by atoms with van der Waals surface area (Å²) in [4.78, 5) is 1.33. The molecule has 0 saturated carbocycles. The van der Waals surface area contributed by atoms with Crippen molar-refractivity contribution in [3.05, 3.63) is 42.5 Å². The van der Waals surface area contributed by atoms with Gasteiger partial charge >= 0.3 is 0 Å². The number of benzene rings is 2. The van der Waals surface area contributed by atoms with Crippen molar-refractivity contribution in [2.24, 2.45) is 5.73 Å². The van der Waals surface area contributed by atoms with E-state index in [1.165, 1.54) is 4.90 Å². The van der Waals surface area contributed by atoms with Gasteiger partial charge in [0.1, 0.15) is 0 Å². The number of nitrogens with zero attached hydrogens (tertiary/aromatic N) is 1. The van der Waals surface area contributed by atoms with Crippen molar-refractivity contribution in [1.29, 1.82) is 5.41 Å². The predicted molar refractivity (Wildman–Crippen MR) is 76.8 cm³/mol. The highest BCUT2D eigenvalue weighted by molar-refractivity contribution is 7.80. The lowest BCUT2D eigenvalue weighted by molar-refractivity contribution is 1.39. The lowest BCUT2D eigenvalue weighted by atomic mass is 10.1. The summed E-state index contributed by atoms with van der Waals surface area (Å²) in [7, 11) is 0. The Morgan fingerprint density at radius 1 is 1.18 bits per heavy atom. The molecule has 0 unspecified atom stereocenters. The van der Waals surface area contributed by atoms with Crippen LogP contribution in [-0.4, -0.2) is 10.4 Å². The summed E-state index contributed by atoms with van der Waals surface area (Å²) in [6.45, 7) is 0. The van der Waals surface area contributed by atoms with Gasteiger partial charge in [-0.25, -0.2) is 0 Å². The van der Waals surface area contributed by atoms with Gasteiger partial charge in [0.05, 0.1) is 5.69 Å². The second-order valence-electron chi connectivity index (χ2n) is 3.46. The van der Waals surface area contributed by atoms with E-state index >= 15 is 0 Å². The molecule has 5 heteroatoms. The molecule has 0 saturated heterocycles. The van der Waals surface area contributed by atoms with Crippen LogP contribution >= 0.6 is 23.8 Å². The van der Waals surface area contributed by atoms with E-state index in [0.717, 1.165) is 16.5 Å². The molecule has 17 heavy (non-hydrogen) atoms. The smallest absolute Gasteiger partial charge is 0.202 e. The number of nitrogens with two attached hydrogens (primary N) is 1. The lowest BCUT2D eigenvalue weighted by Gasteiger charge is -2.21. The summed E-state index contributed by atoms with van der Waals surface area (Å²) in [6, 6.07) is 13.5. The van der Waals surface area contributed by atoms with E-state index in [-0.39, 0.29) is 10.4 Å². The summed E-state index contributed by atoms with van der Waals surface area (Å²) in [5, 5.41) is 9.36. The van der Waals surface area contributed by atoms with Crippen molar-refractivity contribution in [3.63, 3.8) is 0 Å². The zero-order valence-corrected chi connectivity index (χ0v) is 10.4. The van der Waals surface area contributed by atoms with Gasteiger partial charge in [-0.2, -0.15) is 0 Å². The average molecular weight is 264 g/mol. The van der Waals surface area contributed by atoms with E-state index in [4.69, 9.17) is 35.0 Å². The Morgan fingerprint density at radius 2 is 1.82 bits per heavy atom. The number of fused-ring (bicyclic) bond motifs is 1. The van der Waals surface area contributed by atoms with Crippen LogP contribution in [0.3, 0.4) is 0 Å². The highest BCUT2D eigenvalue weighted by atomic mass is 35.5. The molecule has 0 aliphatic rings. The Labute approximate surface area is 109 Å². The molecule has 2 aromatic carbocycles. The Morgan fingerprint density at radius 3 is 2.47 bits per heavy atom. The standard InChI is InChI=1S/C12H10ClN3S/c13-11(14)16(12(15)17)10-7-3-5-8-4-1-2-6-9(8)10/h1-7,14H,(H2,15,17). The summed E-state index contributed by atoms with van der Waals surface area (Å²) >= 11 is 10.6. The number of halogens is 1. The zero-order valence-electron chi connectivity index (χ0n) is 8.85. The number of anilines is 1. The number of hydrogen-bond acceptors (Lipinski definition) is 2. The van der Waals surface area contributed by atoms with E-state index in [0.29, 0.717) is 0 Å². The molecule has 0 aromatic heterocycles. The highest BCUT2D eigenvalue weighted by Gasteiger charge is 2.15. The molecule has 2 rings (SSSR count). The molecule has 86 valence electrons. The number of hydrogen-bond donors (Lipinski definition) is 2. The van der Waals surface area contributed by atoms with Gasteiger partial charge in [0, 0.05) is 5.39 Å². The molecule has 0 aliphatic carbocycles. The molecule has 2 aromatic rings. The number of amidine groups is 1. The Balaban J connectivity index is 2.69. The van der Waals surface area contributed by atoms with E-state index < -0.39 is 0 Å². The van der Waals surface area contributed by atoms with Crippen LogP contribution in [0.1, 0.15) is 0 Å². The molecule has 0 fully saturated rings. The molecular weight excluding hydrogens is 254 g/mol. The number of thiocarbonyl (C=S) groups is 1. The molecule has 0 heterocycles. The molecule has 0 bridgehead atoms. The molecule has 0 amide bonds. The summed E-state index contributed by atoms with van der Waals surface area (Å²) in [5.41, 5.74) is 6.31. The first-order valence-electron chi connectivity index (χ1n) is 4.92. The van der Waals surface area contributed by atoms with Crippen LogP contribution in [0.25, 0.3) is 10.8 Å².